The number of amides is 3. The molecule has 20 heavy (non-hydrogen) atoms. The van der Waals surface area contributed by atoms with Crippen LogP contribution in [0, 0.1) is 5.82 Å². The van der Waals surface area contributed by atoms with E-state index in [2.05, 4.69) is 0 Å². The summed E-state index contributed by atoms with van der Waals surface area (Å²) in [6, 6.07) is -2.21. The van der Waals surface area contributed by atoms with Crippen LogP contribution >= 0.6 is 0 Å². The van der Waals surface area contributed by atoms with Gasteiger partial charge in [-0.25, -0.2) is 4.39 Å². The minimum atomic E-state index is -3.65. The van der Waals surface area contributed by atoms with Crippen molar-refractivity contribution in [1.29, 1.82) is 0 Å². The number of piperidine rings is 1. The summed E-state index contributed by atoms with van der Waals surface area (Å²) in [5.74, 6) is -5.86. The number of nitrogen functional groups attached to an aromatic ring is 1. The van der Waals surface area contributed by atoms with Crippen LogP contribution in [-0.4, -0.2) is 28.6 Å². The van der Waals surface area contributed by atoms with Gasteiger partial charge in [-0.15, -0.1) is 0 Å². The third-order valence-electron chi connectivity index (χ3n) is 2.75. The predicted molar refractivity (Wildman–Crippen MR) is 66.9 cm³/mol. The lowest BCUT2D eigenvalue weighted by atomic mass is 10.0. The monoisotopic (exact) mass is 284 g/mol. The van der Waals surface area contributed by atoms with Gasteiger partial charge in [-0.05, 0) is 18.5 Å². The van der Waals surface area contributed by atoms with Crippen molar-refractivity contribution in [1.82, 2.24) is 10.2 Å². The summed E-state index contributed by atoms with van der Waals surface area (Å²) >= 11 is 0. The zero-order chi connectivity index (χ0) is 20.7. The van der Waals surface area contributed by atoms with Crippen molar-refractivity contribution in [3.05, 3.63) is 29.1 Å². The summed E-state index contributed by atoms with van der Waals surface area (Å²) in [5, 5.41) is 1.46. The molecule has 3 N–H and O–H groups in total. The first kappa shape index (κ1) is 6.83. The van der Waals surface area contributed by atoms with Crippen LogP contribution in [0.4, 0.5) is 10.1 Å². The highest BCUT2D eigenvalue weighted by Gasteiger charge is 2.39. The molecular weight excluding hydrogens is 265 g/mol. The first-order valence-electron chi connectivity index (χ1n) is 8.92. The van der Waals surface area contributed by atoms with Crippen molar-refractivity contribution in [3.8, 4) is 0 Å². The summed E-state index contributed by atoms with van der Waals surface area (Å²) < 4.78 is 69.4. The van der Waals surface area contributed by atoms with E-state index in [0.29, 0.717) is 12.1 Å². The van der Waals surface area contributed by atoms with E-state index in [9.17, 15) is 18.8 Å². The number of benzene rings is 1. The number of imide groups is 1. The molecule has 2 aliphatic heterocycles. The second-order valence-corrected chi connectivity index (χ2v) is 4.05. The first-order chi connectivity index (χ1) is 12.1. The largest absolute Gasteiger partial charge is 0.398 e. The number of hydrogen-bond donors (Lipinski definition) is 2. The molecule has 2 heterocycles. The van der Waals surface area contributed by atoms with E-state index in [1.54, 1.807) is 0 Å². The molecule has 1 fully saturated rings. The Balaban J connectivity index is 2.30. The van der Waals surface area contributed by atoms with E-state index in [-0.39, 0.29) is 4.90 Å². The number of hydrogen-bond acceptors (Lipinski definition) is 4. The molecule has 3 rings (SSSR count). The molecule has 0 radical (unpaired) electrons. The molecule has 0 spiro atoms. The summed E-state index contributed by atoms with van der Waals surface area (Å²) in [7, 11) is 0. The molecule has 1 saturated heterocycles. The van der Waals surface area contributed by atoms with Crippen LogP contribution in [0.15, 0.2) is 12.1 Å². The lowest BCUT2D eigenvalue weighted by Crippen LogP contribution is -2.52. The standard InChI is InChI=1S/C13H12FN3O3/c14-6-3-7-8(9(15)4-6)5-17(13(7)20)10-1-2-11(18)16-12(10)19/h3-4,10H,1-2,5,15H2,(H,16,18,19)/t10-/m0/s1/i1D2,2D2,5D2,10D. The normalized spacial score (nSPS) is 38.4. The smallest absolute Gasteiger partial charge is 0.255 e. The Bertz CT molecular complexity index is 923. The Kier molecular flexibility index (Phi) is 1.47. The topological polar surface area (TPSA) is 92.5 Å². The van der Waals surface area contributed by atoms with Crippen molar-refractivity contribution >= 4 is 23.4 Å². The molecular formula is C13H12FN3O3. The van der Waals surface area contributed by atoms with Gasteiger partial charge in [0.15, 0.2) is 0 Å². The molecule has 104 valence electrons. The molecule has 0 saturated carbocycles. The lowest BCUT2D eigenvalue weighted by molar-refractivity contribution is -0.136. The zero-order valence-electron chi connectivity index (χ0n) is 16.8. The molecule has 2 aliphatic rings. The fourth-order valence-corrected chi connectivity index (χ4v) is 1.89. The van der Waals surface area contributed by atoms with E-state index in [1.165, 1.54) is 5.32 Å². The number of fused-ring (bicyclic) bond motifs is 1. The molecule has 0 bridgehead atoms. The van der Waals surface area contributed by atoms with Crippen LogP contribution in [0.1, 0.15) is 38.3 Å². The van der Waals surface area contributed by atoms with Gasteiger partial charge in [0, 0.05) is 35.2 Å². The number of nitrogens with one attached hydrogen (secondary N) is 1. The molecule has 1 aromatic rings. The van der Waals surface area contributed by atoms with E-state index in [0.717, 1.165) is 0 Å². The number of nitrogens with zero attached hydrogens (tertiary/aromatic N) is 1. The van der Waals surface area contributed by atoms with E-state index in [4.69, 9.17) is 15.3 Å². The molecule has 0 aromatic heterocycles. The predicted octanol–water partition coefficient (Wildman–Crippen LogP) is 0.169. The Hall–Kier alpha value is -2.44. The molecule has 0 aliphatic carbocycles. The highest BCUT2D eigenvalue weighted by Crippen LogP contribution is 2.31. The van der Waals surface area contributed by atoms with Gasteiger partial charge in [0.1, 0.15) is 11.8 Å². The van der Waals surface area contributed by atoms with E-state index < -0.39 is 65.6 Å². The average molecular weight is 284 g/mol. The van der Waals surface area contributed by atoms with Gasteiger partial charge in [-0.1, -0.05) is 0 Å². The van der Waals surface area contributed by atoms with Crippen LogP contribution < -0.4 is 11.1 Å². The zero-order valence-corrected chi connectivity index (χ0v) is 9.78. The van der Waals surface area contributed by atoms with Crippen molar-refractivity contribution in [2.24, 2.45) is 0 Å². The first-order valence-corrected chi connectivity index (χ1v) is 5.42. The Morgan fingerprint density at radius 1 is 1.45 bits per heavy atom. The maximum atomic E-state index is 13.6. The summed E-state index contributed by atoms with van der Waals surface area (Å²) in [6.07, 6.45) is -7.11. The highest BCUT2D eigenvalue weighted by molar-refractivity contribution is 6.06. The van der Waals surface area contributed by atoms with Crippen molar-refractivity contribution in [3.63, 3.8) is 0 Å². The number of carbonyl (C=O) groups excluding carboxylic acids is 3. The fourth-order valence-electron chi connectivity index (χ4n) is 1.89. The summed E-state index contributed by atoms with van der Waals surface area (Å²) in [4.78, 5) is 36.7. The second kappa shape index (κ2) is 4.29. The third kappa shape index (κ3) is 1.82. The number of rotatable bonds is 1. The fraction of sp³-hybridized carbons (Fsp3) is 0.308. The quantitative estimate of drug-likeness (QED) is 0.568. The number of anilines is 1. The van der Waals surface area contributed by atoms with Crippen LogP contribution in [0.25, 0.3) is 0 Å². The van der Waals surface area contributed by atoms with Gasteiger partial charge in [0.25, 0.3) is 5.91 Å². The van der Waals surface area contributed by atoms with Gasteiger partial charge < -0.3 is 10.6 Å². The van der Waals surface area contributed by atoms with Gasteiger partial charge in [0.05, 0.1) is 4.11 Å². The van der Waals surface area contributed by atoms with Crippen LogP contribution in [0.5, 0.6) is 0 Å². The van der Waals surface area contributed by atoms with Crippen molar-refractivity contribution in [2.75, 3.05) is 5.73 Å². The van der Waals surface area contributed by atoms with E-state index in [1.807, 2.05) is 0 Å². The maximum absolute atomic E-state index is 13.6. The number of nitrogens with two attached hydrogens (primary N) is 1. The molecule has 1 aromatic carbocycles. The average Bonchev–Trinajstić information content (AvgIpc) is 2.71. The Labute approximate surface area is 123 Å². The van der Waals surface area contributed by atoms with Crippen LogP contribution in [-0.2, 0) is 16.1 Å². The van der Waals surface area contributed by atoms with Gasteiger partial charge in [-0.3, -0.25) is 19.7 Å². The Morgan fingerprint density at radius 3 is 2.95 bits per heavy atom. The highest BCUT2D eigenvalue weighted by atomic mass is 19.1. The molecule has 6 nitrogen and oxygen atoms in total. The van der Waals surface area contributed by atoms with Gasteiger partial charge in [0.2, 0.25) is 11.8 Å². The van der Waals surface area contributed by atoms with Crippen molar-refractivity contribution in [2.45, 2.75) is 25.3 Å². The third-order valence-corrected chi connectivity index (χ3v) is 2.75. The Morgan fingerprint density at radius 2 is 2.20 bits per heavy atom. The molecule has 3 amide bonds. The second-order valence-electron chi connectivity index (χ2n) is 4.05. The molecule has 7 heteroatoms. The van der Waals surface area contributed by atoms with Crippen LogP contribution in [0.2, 0.25) is 0 Å². The van der Waals surface area contributed by atoms with Crippen LogP contribution in [0.3, 0.4) is 0 Å². The number of carbonyl (C=O) groups is 3. The minimum Gasteiger partial charge on any atom is -0.398 e. The summed E-state index contributed by atoms with van der Waals surface area (Å²) in [6.45, 7) is -3.06. The lowest BCUT2D eigenvalue weighted by Gasteiger charge is -2.29. The van der Waals surface area contributed by atoms with Crippen molar-refractivity contribution < 1.29 is 28.4 Å². The van der Waals surface area contributed by atoms with Gasteiger partial charge in [-0.2, -0.15) is 0 Å². The van der Waals surface area contributed by atoms with Gasteiger partial charge >= 0.3 is 0 Å². The summed E-state index contributed by atoms with van der Waals surface area (Å²) in [5.41, 5.74) is 3.86. The SMILES string of the molecule is [2H]C1([2H])c2c(N)cc(F)cc2C(=O)N1[C@]1([2H])C(=O)NC(=O)C([2H])([2H])C1([2H])[2H]. The van der Waals surface area contributed by atoms with E-state index >= 15 is 0 Å². The molecule has 0 unspecified atom stereocenters. The maximum Gasteiger partial charge on any atom is 0.255 e. The number of halogens is 1. The minimum absolute atomic E-state index is 0.153. The molecule has 1 atom stereocenters.